The first-order chi connectivity index (χ1) is 14.2. The Bertz CT molecular complexity index is 857. The molecule has 1 atom stereocenters. The van der Waals surface area contributed by atoms with Crippen molar-refractivity contribution in [3.05, 3.63) is 41.5 Å². The van der Waals surface area contributed by atoms with Crippen molar-refractivity contribution in [3.63, 3.8) is 0 Å². The van der Waals surface area contributed by atoms with Crippen LogP contribution in [-0.4, -0.2) is 31.1 Å². The quantitative estimate of drug-likeness (QED) is 0.751. The summed E-state index contributed by atoms with van der Waals surface area (Å²) in [5.74, 6) is 1.08. The Morgan fingerprint density at radius 3 is 2.60 bits per heavy atom. The van der Waals surface area contributed by atoms with Crippen molar-refractivity contribution >= 4 is 12.3 Å². The first kappa shape index (κ1) is 21.9. The Kier molecular flexibility index (Phi) is 6.50. The van der Waals surface area contributed by atoms with Gasteiger partial charge in [-0.05, 0) is 82.6 Å². The average molecular weight is 410 g/mol. The number of hydrogen-bond acceptors (Lipinski definition) is 5. The molecule has 2 aliphatic rings. The molecule has 1 amide bonds. The second-order valence-corrected chi connectivity index (χ2v) is 9.16. The van der Waals surface area contributed by atoms with E-state index < -0.39 is 11.1 Å². The summed E-state index contributed by atoms with van der Waals surface area (Å²) in [5, 5.41) is 12.3. The molecular formula is C24H31N3O3. The zero-order valence-corrected chi connectivity index (χ0v) is 18.3. The van der Waals surface area contributed by atoms with Crippen LogP contribution in [0.2, 0.25) is 0 Å². The predicted octanol–water partition coefficient (Wildman–Crippen LogP) is 4.88. The van der Waals surface area contributed by atoms with Gasteiger partial charge in [-0.15, -0.1) is 0 Å². The van der Waals surface area contributed by atoms with Gasteiger partial charge in [0.1, 0.15) is 23.0 Å². The van der Waals surface area contributed by atoms with Crippen LogP contribution in [0.15, 0.2) is 35.3 Å². The lowest BCUT2D eigenvalue weighted by Crippen LogP contribution is -2.41. The van der Waals surface area contributed by atoms with Crippen LogP contribution in [0, 0.1) is 17.2 Å². The van der Waals surface area contributed by atoms with Gasteiger partial charge in [0.2, 0.25) is 0 Å². The summed E-state index contributed by atoms with van der Waals surface area (Å²) in [6.07, 6.45) is 10.5. The molecule has 3 rings (SSSR count). The fourth-order valence-electron chi connectivity index (χ4n) is 4.31. The highest BCUT2D eigenvalue weighted by Gasteiger charge is 2.36. The number of carbonyl (C=O) groups is 1. The van der Waals surface area contributed by atoms with Gasteiger partial charge < -0.3 is 14.8 Å². The van der Waals surface area contributed by atoms with Gasteiger partial charge in [0, 0.05) is 12.3 Å². The van der Waals surface area contributed by atoms with Crippen molar-refractivity contribution in [2.75, 3.05) is 7.11 Å². The molecule has 0 aromatic heterocycles. The van der Waals surface area contributed by atoms with E-state index in [-0.39, 0.29) is 12.1 Å². The van der Waals surface area contributed by atoms with Gasteiger partial charge in [-0.3, -0.25) is 4.99 Å². The van der Waals surface area contributed by atoms with Gasteiger partial charge in [0.15, 0.2) is 0 Å². The number of alkyl carbamates (subject to hydrolysis) is 1. The Morgan fingerprint density at radius 1 is 1.30 bits per heavy atom. The third-order valence-corrected chi connectivity index (χ3v) is 5.75. The van der Waals surface area contributed by atoms with E-state index >= 15 is 0 Å². The summed E-state index contributed by atoms with van der Waals surface area (Å²) in [4.78, 5) is 16.8. The molecule has 1 fully saturated rings. The van der Waals surface area contributed by atoms with Crippen molar-refractivity contribution in [2.45, 2.75) is 70.1 Å². The van der Waals surface area contributed by atoms with E-state index in [1.165, 1.54) is 0 Å². The van der Waals surface area contributed by atoms with Gasteiger partial charge in [0.05, 0.1) is 12.7 Å². The fourth-order valence-corrected chi connectivity index (χ4v) is 4.31. The van der Waals surface area contributed by atoms with E-state index in [0.29, 0.717) is 17.2 Å². The number of nitrogens with zero attached hydrogens (tertiary/aromatic N) is 2. The average Bonchev–Trinajstić information content (AvgIpc) is 3.17. The topological polar surface area (TPSA) is 83.7 Å². The highest BCUT2D eigenvalue weighted by Crippen LogP contribution is 2.42. The van der Waals surface area contributed by atoms with E-state index in [0.717, 1.165) is 37.7 Å². The van der Waals surface area contributed by atoms with Gasteiger partial charge in [-0.2, -0.15) is 5.26 Å². The van der Waals surface area contributed by atoms with Crippen LogP contribution in [0.1, 0.15) is 64.0 Å². The molecule has 1 heterocycles. The minimum Gasteiger partial charge on any atom is -0.495 e. The number of nitriles is 1. The summed E-state index contributed by atoms with van der Waals surface area (Å²) in [6, 6.07) is 8.04. The number of methoxy groups -OCH3 is 1. The molecule has 1 N–H and O–H groups in total. The molecule has 0 spiro atoms. The van der Waals surface area contributed by atoms with Gasteiger partial charge in [0.25, 0.3) is 0 Å². The number of carbonyl (C=O) groups excluding carboxylic acids is 1. The summed E-state index contributed by atoms with van der Waals surface area (Å²) in [5.41, 5.74) is 0.661. The number of amides is 1. The summed E-state index contributed by atoms with van der Waals surface area (Å²) in [6.45, 7) is 5.62. The Balaban J connectivity index is 1.64. The fraction of sp³-hybridized carbons (Fsp3) is 0.542. The lowest BCUT2D eigenvalue weighted by Gasteiger charge is -2.35. The van der Waals surface area contributed by atoms with Crippen LogP contribution in [0.4, 0.5) is 4.79 Å². The number of ether oxygens (including phenoxy) is 2. The highest BCUT2D eigenvalue weighted by molar-refractivity contribution is 5.76. The smallest absolute Gasteiger partial charge is 0.407 e. The second kappa shape index (κ2) is 8.91. The highest BCUT2D eigenvalue weighted by atomic mass is 16.6. The van der Waals surface area contributed by atoms with E-state index in [9.17, 15) is 10.1 Å². The molecule has 1 aromatic carbocycles. The second-order valence-electron chi connectivity index (χ2n) is 9.16. The number of aliphatic imine (C=N–C) groups is 1. The standard InChI is InChI=1S/C24H31N3O3/c1-23(2,3)30-22(28)27-20-10-6-17(7-11-20)15-24(12-5-13-26-24)19-9-8-18(16-25)21(14-19)29-4/h5,8-9,12-14,17,20H,6-7,10-11,15H2,1-4H3,(H,27,28). The molecule has 1 saturated carbocycles. The molecule has 160 valence electrons. The SMILES string of the molecule is COc1cc(C2(CC3CCC(NC(=O)OC(C)(C)C)CC3)C=CC=N2)ccc1C#N. The molecule has 0 bridgehead atoms. The van der Waals surface area contributed by atoms with Crippen LogP contribution >= 0.6 is 0 Å². The maximum atomic E-state index is 12.0. The molecule has 0 saturated heterocycles. The van der Waals surface area contributed by atoms with Gasteiger partial charge >= 0.3 is 6.09 Å². The summed E-state index contributed by atoms with van der Waals surface area (Å²) < 4.78 is 10.8. The number of allylic oxidation sites excluding steroid dienone is 1. The van der Waals surface area contributed by atoms with Gasteiger partial charge in [-0.1, -0.05) is 12.1 Å². The predicted molar refractivity (Wildman–Crippen MR) is 117 cm³/mol. The van der Waals surface area contributed by atoms with E-state index in [1.807, 2.05) is 45.2 Å². The summed E-state index contributed by atoms with van der Waals surface area (Å²) >= 11 is 0. The molecule has 1 aliphatic heterocycles. The molecule has 1 unspecified atom stereocenters. The molecule has 30 heavy (non-hydrogen) atoms. The zero-order chi connectivity index (χ0) is 21.8. The van der Waals surface area contributed by atoms with E-state index in [1.54, 1.807) is 13.2 Å². The third kappa shape index (κ3) is 5.21. The van der Waals surface area contributed by atoms with Crippen molar-refractivity contribution in [1.82, 2.24) is 5.32 Å². The molecule has 0 radical (unpaired) electrons. The van der Waals surface area contributed by atoms with Crippen molar-refractivity contribution in [2.24, 2.45) is 10.9 Å². The maximum absolute atomic E-state index is 12.0. The van der Waals surface area contributed by atoms with Crippen LogP contribution in [0.5, 0.6) is 5.75 Å². The normalized spacial score (nSPS) is 25.6. The van der Waals surface area contributed by atoms with Crippen molar-refractivity contribution < 1.29 is 14.3 Å². The largest absolute Gasteiger partial charge is 0.495 e. The number of benzene rings is 1. The van der Waals surface area contributed by atoms with Crippen LogP contribution in [0.3, 0.4) is 0 Å². The summed E-state index contributed by atoms with van der Waals surface area (Å²) in [7, 11) is 1.58. The molecule has 6 nitrogen and oxygen atoms in total. The number of rotatable bonds is 5. The molecule has 1 aliphatic carbocycles. The van der Waals surface area contributed by atoms with Crippen LogP contribution in [0.25, 0.3) is 0 Å². The Labute approximate surface area is 179 Å². The minimum atomic E-state index is -0.484. The van der Waals surface area contributed by atoms with Crippen molar-refractivity contribution in [3.8, 4) is 11.8 Å². The van der Waals surface area contributed by atoms with E-state index in [2.05, 4.69) is 17.5 Å². The lowest BCUT2D eigenvalue weighted by molar-refractivity contribution is 0.0485. The van der Waals surface area contributed by atoms with E-state index in [4.69, 9.17) is 14.5 Å². The van der Waals surface area contributed by atoms with Crippen molar-refractivity contribution in [1.29, 1.82) is 5.26 Å². The maximum Gasteiger partial charge on any atom is 0.407 e. The third-order valence-electron chi connectivity index (χ3n) is 5.75. The Morgan fingerprint density at radius 2 is 2.03 bits per heavy atom. The number of nitrogens with one attached hydrogen (secondary N) is 1. The van der Waals surface area contributed by atoms with Crippen LogP contribution < -0.4 is 10.1 Å². The molecule has 1 aromatic rings. The lowest BCUT2D eigenvalue weighted by atomic mass is 9.75. The Hall–Kier alpha value is -2.81. The number of hydrogen-bond donors (Lipinski definition) is 1. The monoisotopic (exact) mass is 409 g/mol. The first-order valence-corrected chi connectivity index (χ1v) is 10.6. The molecule has 6 heteroatoms. The first-order valence-electron chi connectivity index (χ1n) is 10.6. The minimum absolute atomic E-state index is 0.157. The van der Waals surface area contributed by atoms with Crippen LogP contribution in [-0.2, 0) is 10.3 Å². The van der Waals surface area contributed by atoms with Gasteiger partial charge in [-0.25, -0.2) is 4.79 Å². The molecular weight excluding hydrogens is 378 g/mol. The zero-order valence-electron chi connectivity index (χ0n) is 18.3.